The number of anilines is 1. The SMILES string of the molecule is Cn1ccc(CC(=O)Nc2cc([C@H]3CC[C@@H](N(C(=O)O)C4(C)CCOCC4)C3)[nH]n2)n1. The molecule has 1 saturated heterocycles. The van der Waals surface area contributed by atoms with Crippen LogP contribution in [0.25, 0.3) is 0 Å². The molecule has 4 rings (SSSR count). The lowest BCUT2D eigenvalue weighted by Crippen LogP contribution is -2.56. The quantitative estimate of drug-likeness (QED) is 0.647. The van der Waals surface area contributed by atoms with E-state index in [4.69, 9.17) is 4.74 Å². The van der Waals surface area contributed by atoms with Gasteiger partial charge in [-0.1, -0.05) is 0 Å². The Labute approximate surface area is 180 Å². The predicted octanol–water partition coefficient (Wildman–Crippen LogP) is 2.51. The number of aryl methyl sites for hydroxylation is 1. The van der Waals surface area contributed by atoms with E-state index in [2.05, 4.69) is 20.6 Å². The number of hydrogen-bond acceptors (Lipinski definition) is 5. The molecule has 10 heteroatoms. The van der Waals surface area contributed by atoms with Crippen molar-refractivity contribution in [2.45, 2.75) is 62.9 Å². The summed E-state index contributed by atoms with van der Waals surface area (Å²) in [6, 6.07) is 3.63. The van der Waals surface area contributed by atoms with E-state index in [1.165, 1.54) is 0 Å². The van der Waals surface area contributed by atoms with Crippen LogP contribution >= 0.6 is 0 Å². The fraction of sp³-hybridized carbons (Fsp3) is 0.619. The van der Waals surface area contributed by atoms with Crippen LogP contribution in [0.15, 0.2) is 18.3 Å². The Kier molecular flexibility index (Phi) is 5.99. The number of H-pyrrole nitrogens is 1. The molecule has 1 aliphatic carbocycles. The van der Waals surface area contributed by atoms with Gasteiger partial charge in [-0.2, -0.15) is 10.2 Å². The van der Waals surface area contributed by atoms with Crippen LogP contribution in [0.1, 0.15) is 56.3 Å². The number of aromatic nitrogens is 4. The zero-order chi connectivity index (χ0) is 22.0. The van der Waals surface area contributed by atoms with E-state index >= 15 is 0 Å². The number of aromatic amines is 1. The van der Waals surface area contributed by atoms with E-state index in [-0.39, 0.29) is 29.8 Å². The third-order valence-corrected chi connectivity index (χ3v) is 6.54. The number of carbonyl (C=O) groups excluding carboxylic acids is 1. The van der Waals surface area contributed by atoms with Crippen LogP contribution in [-0.2, 0) is 23.0 Å². The minimum atomic E-state index is -0.859. The topological polar surface area (TPSA) is 125 Å². The number of carbonyl (C=O) groups is 2. The van der Waals surface area contributed by atoms with E-state index in [1.54, 1.807) is 21.8 Å². The smallest absolute Gasteiger partial charge is 0.408 e. The Morgan fingerprint density at radius 1 is 1.39 bits per heavy atom. The standard InChI is InChI=1S/C21H30N6O4/c1-21(6-9-31-10-7-21)27(20(29)30)16-4-3-14(11-16)17-13-18(24-23-17)22-19(28)12-15-5-8-26(2)25-15/h5,8,13-14,16H,3-4,6-7,9-12H2,1-2H3,(H,29,30)(H2,22,23,24,28)/t14-,16+/m0/s1. The second-order valence-corrected chi connectivity index (χ2v) is 8.84. The Balaban J connectivity index is 1.37. The molecule has 168 valence electrons. The highest BCUT2D eigenvalue weighted by molar-refractivity contribution is 5.91. The summed E-state index contributed by atoms with van der Waals surface area (Å²) in [5, 5.41) is 24.2. The zero-order valence-corrected chi connectivity index (χ0v) is 18.0. The minimum Gasteiger partial charge on any atom is -0.465 e. The Morgan fingerprint density at radius 2 is 2.16 bits per heavy atom. The number of ether oxygens (including phenoxy) is 1. The number of rotatable bonds is 6. The predicted molar refractivity (Wildman–Crippen MR) is 113 cm³/mol. The van der Waals surface area contributed by atoms with Crippen molar-refractivity contribution in [3.05, 3.63) is 29.7 Å². The molecule has 0 unspecified atom stereocenters. The summed E-state index contributed by atoms with van der Waals surface area (Å²) in [7, 11) is 1.81. The number of hydrogen-bond donors (Lipinski definition) is 3. The summed E-state index contributed by atoms with van der Waals surface area (Å²) in [5.74, 6) is 0.487. The molecule has 3 heterocycles. The second-order valence-electron chi connectivity index (χ2n) is 8.84. The van der Waals surface area contributed by atoms with Crippen molar-refractivity contribution in [1.82, 2.24) is 24.9 Å². The Hall–Kier alpha value is -2.88. The molecule has 3 N–H and O–H groups in total. The molecule has 0 aromatic carbocycles. The van der Waals surface area contributed by atoms with Crippen molar-refractivity contribution in [3.63, 3.8) is 0 Å². The van der Waals surface area contributed by atoms with Gasteiger partial charge in [0.2, 0.25) is 5.91 Å². The third kappa shape index (κ3) is 4.73. The number of carboxylic acid groups (broad SMARTS) is 1. The lowest BCUT2D eigenvalue weighted by molar-refractivity contribution is -0.115. The average molecular weight is 431 g/mol. The van der Waals surface area contributed by atoms with Gasteiger partial charge in [-0.05, 0) is 45.1 Å². The van der Waals surface area contributed by atoms with E-state index in [1.807, 2.05) is 20.0 Å². The monoisotopic (exact) mass is 430 g/mol. The van der Waals surface area contributed by atoms with Gasteiger partial charge in [-0.15, -0.1) is 0 Å². The number of nitrogens with one attached hydrogen (secondary N) is 2. The van der Waals surface area contributed by atoms with E-state index < -0.39 is 6.09 Å². The highest BCUT2D eigenvalue weighted by Crippen LogP contribution is 2.41. The first kappa shape index (κ1) is 21.4. The van der Waals surface area contributed by atoms with Crippen LogP contribution in [0, 0.1) is 0 Å². The molecule has 0 radical (unpaired) electrons. The van der Waals surface area contributed by atoms with Gasteiger partial charge in [-0.3, -0.25) is 19.5 Å². The molecule has 1 saturated carbocycles. The second kappa shape index (κ2) is 8.70. The lowest BCUT2D eigenvalue weighted by Gasteiger charge is -2.45. The molecule has 0 bridgehead atoms. The molecule has 31 heavy (non-hydrogen) atoms. The van der Waals surface area contributed by atoms with Gasteiger partial charge < -0.3 is 15.2 Å². The molecule has 0 spiro atoms. The van der Waals surface area contributed by atoms with Gasteiger partial charge in [-0.25, -0.2) is 4.79 Å². The molecular formula is C21H30N6O4. The first-order valence-electron chi connectivity index (χ1n) is 10.8. The first-order valence-corrected chi connectivity index (χ1v) is 10.8. The number of nitrogens with zero attached hydrogens (tertiary/aromatic N) is 4. The molecule has 1 aliphatic heterocycles. The largest absolute Gasteiger partial charge is 0.465 e. The van der Waals surface area contributed by atoms with Crippen molar-refractivity contribution >= 4 is 17.8 Å². The molecule has 2 fully saturated rings. The summed E-state index contributed by atoms with van der Waals surface area (Å²) >= 11 is 0. The average Bonchev–Trinajstić information content (AvgIpc) is 3.44. The molecular weight excluding hydrogens is 400 g/mol. The van der Waals surface area contributed by atoms with E-state index in [9.17, 15) is 14.7 Å². The minimum absolute atomic E-state index is 0.0314. The molecule has 2 aromatic heterocycles. The van der Waals surface area contributed by atoms with Gasteiger partial charge in [0.05, 0.1) is 12.1 Å². The van der Waals surface area contributed by atoms with E-state index in [0.29, 0.717) is 24.7 Å². The van der Waals surface area contributed by atoms with Gasteiger partial charge in [0.15, 0.2) is 5.82 Å². The fourth-order valence-corrected chi connectivity index (χ4v) is 4.87. The maximum atomic E-state index is 12.3. The maximum absolute atomic E-state index is 12.3. The summed E-state index contributed by atoms with van der Waals surface area (Å²) in [5.41, 5.74) is 1.24. The third-order valence-electron chi connectivity index (χ3n) is 6.54. The van der Waals surface area contributed by atoms with Crippen molar-refractivity contribution in [2.75, 3.05) is 18.5 Å². The molecule has 2 aliphatic rings. The van der Waals surface area contributed by atoms with Gasteiger partial charge in [0, 0.05) is 55.7 Å². The molecule has 10 nitrogen and oxygen atoms in total. The van der Waals surface area contributed by atoms with Crippen LogP contribution in [-0.4, -0.2) is 66.8 Å². The van der Waals surface area contributed by atoms with Crippen LogP contribution in [0.3, 0.4) is 0 Å². The Bertz CT molecular complexity index is 932. The molecule has 2 atom stereocenters. The molecule has 2 amide bonds. The fourth-order valence-electron chi connectivity index (χ4n) is 4.87. The maximum Gasteiger partial charge on any atom is 0.408 e. The van der Waals surface area contributed by atoms with Crippen LogP contribution in [0.2, 0.25) is 0 Å². The van der Waals surface area contributed by atoms with Gasteiger partial charge in [0.1, 0.15) is 0 Å². The van der Waals surface area contributed by atoms with Gasteiger partial charge >= 0.3 is 6.09 Å². The zero-order valence-electron chi connectivity index (χ0n) is 18.0. The van der Waals surface area contributed by atoms with E-state index in [0.717, 1.165) is 37.8 Å². The Morgan fingerprint density at radius 3 is 2.84 bits per heavy atom. The summed E-state index contributed by atoms with van der Waals surface area (Å²) < 4.78 is 7.11. The molecule has 2 aromatic rings. The summed E-state index contributed by atoms with van der Waals surface area (Å²) in [6.45, 7) is 3.22. The van der Waals surface area contributed by atoms with Crippen molar-refractivity contribution in [3.8, 4) is 0 Å². The summed E-state index contributed by atoms with van der Waals surface area (Å²) in [6.07, 6.45) is 5.00. The van der Waals surface area contributed by atoms with Gasteiger partial charge in [0.25, 0.3) is 0 Å². The normalized spacial score (nSPS) is 22.9. The van der Waals surface area contributed by atoms with Crippen molar-refractivity contribution in [1.29, 1.82) is 0 Å². The van der Waals surface area contributed by atoms with Crippen LogP contribution in [0.4, 0.5) is 10.6 Å². The lowest BCUT2D eigenvalue weighted by atomic mass is 9.88. The van der Waals surface area contributed by atoms with Crippen molar-refractivity contribution in [2.24, 2.45) is 7.05 Å². The highest BCUT2D eigenvalue weighted by Gasteiger charge is 2.44. The van der Waals surface area contributed by atoms with Crippen LogP contribution in [0.5, 0.6) is 0 Å². The highest BCUT2D eigenvalue weighted by atomic mass is 16.5. The van der Waals surface area contributed by atoms with Crippen molar-refractivity contribution < 1.29 is 19.4 Å². The summed E-state index contributed by atoms with van der Waals surface area (Å²) in [4.78, 5) is 26.0. The first-order chi connectivity index (χ1) is 14.8. The number of amides is 2. The van der Waals surface area contributed by atoms with Crippen LogP contribution < -0.4 is 5.32 Å².